The fourth-order valence-electron chi connectivity index (χ4n) is 1.95. The fraction of sp³-hybridized carbons (Fsp3) is 0.200. The van der Waals surface area contributed by atoms with Crippen molar-refractivity contribution in [3.05, 3.63) is 60.2 Å². The minimum Gasteiger partial charge on any atom is -0.383 e. The number of nitrogens with one attached hydrogen (secondary N) is 1. The summed E-state index contributed by atoms with van der Waals surface area (Å²) < 4.78 is 5.12. The summed E-state index contributed by atoms with van der Waals surface area (Å²) in [5.74, 6) is 5.51. The predicted octanol–water partition coefficient (Wildman–Crippen LogP) is 2.50. The first-order chi connectivity index (χ1) is 8.85. The Morgan fingerprint density at radius 1 is 1.00 bits per heavy atom. The van der Waals surface area contributed by atoms with E-state index < -0.39 is 0 Å². The van der Waals surface area contributed by atoms with Crippen LogP contribution in [0.4, 0.5) is 0 Å². The van der Waals surface area contributed by atoms with Gasteiger partial charge in [-0.3, -0.25) is 11.3 Å². The third-order valence-electron chi connectivity index (χ3n) is 2.95. The van der Waals surface area contributed by atoms with Crippen LogP contribution in [0.1, 0.15) is 11.6 Å². The summed E-state index contributed by atoms with van der Waals surface area (Å²) in [5, 5.41) is 0. The summed E-state index contributed by atoms with van der Waals surface area (Å²) >= 11 is 0. The van der Waals surface area contributed by atoms with E-state index in [0.29, 0.717) is 6.61 Å². The molecule has 0 fully saturated rings. The van der Waals surface area contributed by atoms with Gasteiger partial charge < -0.3 is 4.74 Å². The van der Waals surface area contributed by atoms with Crippen molar-refractivity contribution in [2.75, 3.05) is 13.7 Å². The van der Waals surface area contributed by atoms with Crippen LogP contribution in [-0.4, -0.2) is 13.7 Å². The predicted molar refractivity (Wildman–Crippen MR) is 73.8 cm³/mol. The average Bonchev–Trinajstić information content (AvgIpc) is 2.46. The average molecular weight is 242 g/mol. The van der Waals surface area contributed by atoms with Crippen molar-refractivity contribution < 1.29 is 4.74 Å². The van der Waals surface area contributed by atoms with Crippen LogP contribution in [0.2, 0.25) is 0 Å². The van der Waals surface area contributed by atoms with Crippen LogP contribution in [-0.2, 0) is 4.74 Å². The molecule has 1 atom stereocenters. The number of hydrogen-bond acceptors (Lipinski definition) is 3. The summed E-state index contributed by atoms with van der Waals surface area (Å²) in [7, 11) is 1.67. The molecule has 0 heterocycles. The van der Waals surface area contributed by atoms with Gasteiger partial charge in [-0.2, -0.15) is 0 Å². The molecule has 2 aromatic rings. The Bertz CT molecular complexity index is 468. The molecule has 0 saturated heterocycles. The molecule has 1 unspecified atom stereocenters. The molecular formula is C15H18N2O. The van der Waals surface area contributed by atoms with E-state index >= 15 is 0 Å². The van der Waals surface area contributed by atoms with E-state index in [1.807, 2.05) is 18.2 Å². The molecule has 0 spiro atoms. The second kappa shape index (κ2) is 6.31. The minimum atomic E-state index is 0.0276. The van der Waals surface area contributed by atoms with Crippen LogP contribution in [0.15, 0.2) is 54.6 Å². The Labute approximate surface area is 108 Å². The quantitative estimate of drug-likeness (QED) is 0.625. The van der Waals surface area contributed by atoms with Crippen LogP contribution >= 0.6 is 0 Å². The third-order valence-corrected chi connectivity index (χ3v) is 2.95. The van der Waals surface area contributed by atoms with E-state index in [0.717, 1.165) is 5.56 Å². The number of hydrogen-bond donors (Lipinski definition) is 2. The molecule has 0 aliphatic carbocycles. The Hall–Kier alpha value is -1.68. The van der Waals surface area contributed by atoms with Crippen LogP contribution < -0.4 is 11.3 Å². The number of nitrogens with two attached hydrogens (primary N) is 1. The lowest BCUT2D eigenvalue weighted by Gasteiger charge is -2.15. The van der Waals surface area contributed by atoms with Gasteiger partial charge in [-0.25, -0.2) is 0 Å². The van der Waals surface area contributed by atoms with Crippen LogP contribution in [0.25, 0.3) is 11.1 Å². The normalized spacial score (nSPS) is 12.3. The molecule has 3 heteroatoms. The lowest BCUT2D eigenvalue weighted by atomic mass is 10.0. The molecule has 0 saturated carbocycles. The Kier molecular flexibility index (Phi) is 4.47. The summed E-state index contributed by atoms with van der Waals surface area (Å²) in [5.41, 5.74) is 6.29. The molecule has 0 amide bonds. The van der Waals surface area contributed by atoms with Gasteiger partial charge in [0.15, 0.2) is 0 Å². The molecule has 0 aliphatic heterocycles. The Balaban J connectivity index is 2.19. The maximum Gasteiger partial charge on any atom is 0.0693 e. The van der Waals surface area contributed by atoms with Gasteiger partial charge >= 0.3 is 0 Å². The van der Waals surface area contributed by atoms with E-state index in [-0.39, 0.29) is 6.04 Å². The van der Waals surface area contributed by atoms with Crippen LogP contribution in [0.5, 0.6) is 0 Å². The third kappa shape index (κ3) is 2.96. The first-order valence-electron chi connectivity index (χ1n) is 5.95. The van der Waals surface area contributed by atoms with Gasteiger partial charge in [-0.1, -0.05) is 54.6 Å². The van der Waals surface area contributed by atoms with Crippen molar-refractivity contribution in [1.29, 1.82) is 0 Å². The molecule has 3 N–H and O–H groups in total. The van der Waals surface area contributed by atoms with Gasteiger partial charge in [0, 0.05) is 7.11 Å². The van der Waals surface area contributed by atoms with Gasteiger partial charge in [-0.05, 0) is 16.7 Å². The lowest BCUT2D eigenvalue weighted by molar-refractivity contribution is 0.167. The number of methoxy groups -OCH3 is 1. The molecule has 2 aromatic carbocycles. The second-order valence-corrected chi connectivity index (χ2v) is 4.16. The lowest BCUT2D eigenvalue weighted by Crippen LogP contribution is -2.31. The molecule has 3 nitrogen and oxygen atoms in total. The van der Waals surface area contributed by atoms with Gasteiger partial charge in [0.05, 0.1) is 12.6 Å². The number of hydrazine groups is 1. The largest absolute Gasteiger partial charge is 0.383 e. The summed E-state index contributed by atoms with van der Waals surface area (Å²) in [4.78, 5) is 0. The van der Waals surface area contributed by atoms with Crippen molar-refractivity contribution in [3.63, 3.8) is 0 Å². The highest BCUT2D eigenvalue weighted by molar-refractivity contribution is 5.63. The van der Waals surface area contributed by atoms with Crippen molar-refractivity contribution in [3.8, 4) is 11.1 Å². The van der Waals surface area contributed by atoms with E-state index in [1.54, 1.807) is 7.11 Å². The van der Waals surface area contributed by atoms with Gasteiger partial charge in [0.25, 0.3) is 0 Å². The highest BCUT2D eigenvalue weighted by Gasteiger charge is 2.08. The number of ether oxygens (including phenoxy) is 1. The molecular weight excluding hydrogens is 224 g/mol. The number of benzene rings is 2. The first kappa shape index (κ1) is 12.8. The highest BCUT2D eigenvalue weighted by Crippen LogP contribution is 2.21. The zero-order valence-electron chi connectivity index (χ0n) is 10.5. The van der Waals surface area contributed by atoms with Gasteiger partial charge in [-0.15, -0.1) is 0 Å². The monoisotopic (exact) mass is 242 g/mol. The maximum atomic E-state index is 5.51. The van der Waals surface area contributed by atoms with Crippen LogP contribution in [0.3, 0.4) is 0 Å². The van der Waals surface area contributed by atoms with E-state index in [1.165, 1.54) is 11.1 Å². The zero-order valence-corrected chi connectivity index (χ0v) is 10.5. The van der Waals surface area contributed by atoms with Crippen LogP contribution in [0, 0.1) is 0 Å². The zero-order chi connectivity index (χ0) is 12.8. The molecule has 0 aromatic heterocycles. The Morgan fingerprint density at radius 2 is 1.61 bits per heavy atom. The second-order valence-electron chi connectivity index (χ2n) is 4.16. The van der Waals surface area contributed by atoms with E-state index in [4.69, 9.17) is 10.6 Å². The van der Waals surface area contributed by atoms with E-state index in [9.17, 15) is 0 Å². The van der Waals surface area contributed by atoms with Crippen molar-refractivity contribution >= 4 is 0 Å². The fourth-order valence-corrected chi connectivity index (χ4v) is 1.95. The van der Waals surface area contributed by atoms with Crippen molar-refractivity contribution in [2.45, 2.75) is 6.04 Å². The van der Waals surface area contributed by atoms with E-state index in [2.05, 4.69) is 41.8 Å². The first-order valence-corrected chi connectivity index (χ1v) is 5.95. The smallest absolute Gasteiger partial charge is 0.0693 e. The molecule has 0 aliphatic rings. The molecule has 0 radical (unpaired) electrons. The molecule has 18 heavy (non-hydrogen) atoms. The summed E-state index contributed by atoms with van der Waals surface area (Å²) in [6.45, 7) is 0.557. The molecule has 94 valence electrons. The van der Waals surface area contributed by atoms with Gasteiger partial charge in [0.1, 0.15) is 0 Å². The number of rotatable bonds is 5. The Morgan fingerprint density at radius 3 is 2.17 bits per heavy atom. The van der Waals surface area contributed by atoms with Crippen molar-refractivity contribution in [2.24, 2.45) is 5.84 Å². The maximum absolute atomic E-state index is 5.51. The molecule has 2 rings (SSSR count). The molecule has 0 bridgehead atoms. The summed E-state index contributed by atoms with van der Waals surface area (Å²) in [6.07, 6.45) is 0. The summed E-state index contributed by atoms with van der Waals surface area (Å²) in [6, 6.07) is 18.7. The van der Waals surface area contributed by atoms with Crippen molar-refractivity contribution in [1.82, 2.24) is 5.43 Å². The standard InChI is InChI=1S/C15H18N2O/c1-18-11-15(17-16)14-9-7-13(8-10-14)12-5-3-2-4-6-12/h2-10,15,17H,11,16H2,1H3. The minimum absolute atomic E-state index is 0.0276. The SMILES string of the molecule is COCC(NN)c1ccc(-c2ccccc2)cc1. The topological polar surface area (TPSA) is 47.3 Å². The van der Waals surface area contributed by atoms with Gasteiger partial charge in [0.2, 0.25) is 0 Å². The highest BCUT2D eigenvalue weighted by atomic mass is 16.5.